The van der Waals surface area contributed by atoms with Crippen LogP contribution in [0, 0.1) is 13.8 Å². The van der Waals surface area contributed by atoms with Crippen molar-refractivity contribution >= 4 is 34.6 Å². The van der Waals surface area contributed by atoms with Crippen LogP contribution in [0.3, 0.4) is 0 Å². The number of hydrogen-bond acceptors (Lipinski definition) is 3. The second-order valence-corrected chi connectivity index (χ2v) is 9.63. The zero-order valence-corrected chi connectivity index (χ0v) is 21.4. The number of halogens is 1. The number of aromatic hydroxyl groups is 1. The van der Waals surface area contributed by atoms with E-state index in [1.807, 2.05) is 23.1 Å². The summed E-state index contributed by atoms with van der Waals surface area (Å²) < 4.78 is 2.27. The van der Waals surface area contributed by atoms with E-state index in [0.29, 0.717) is 15.8 Å². The highest BCUT2D eigenvalue weighted by molar-refractivity contribution is 7.80. The van der Waals surface area contributed by atoms with Crippen LogP contribution in [-0.2, 0) is 6.42 Å². The summed E-state index contributed by atoms with van der Waals surface area (Å²) >= 11 is 12.1. The lowest BCUT2D eigenvalue weighted by Gasteiger charge is -2.28. The summed E-state index contributed by atoms with van der Waals surface area (Å²) in [7, 11) is 0. The third kappa shape index (κ3) is 4.17. The van der Waals surface area contributed by atoms with Crippen molar-refractivity contribution in [3.05, 3.63) is 106 Å². The van der Waals surface area contributed by atoms with Crippen LogP contribution in [-0.4, -0.2) is 19.8 Å². The van der Waals surface area contributed by atoms with E-state index in [0.717, 1.165) is 34.8 Å². The molecule has 1 aliphatic heterocycles. The predicted molar refractivity (Wildman–Crippen MR) is 146 cm³/mol. The largest absolute Gasteiger partial charge is 0.506 e. The third-order valence-corrected chi connectivity index (χ3v) is 7.24. The van der Waals surface area contributed by atoms with Crippen LogP contribution in [0.2, 0.25) is 5.02 Å². The Morgan fingerprint density at radius 2 is 1.83 bits per heavy atom. The van der Waals surface area contributed by atoms with Gasteiger partial charge in [0.1, 0.15) is 5.75 Å². The van der Waals surface area contributed by atoms with E-state index in [1.54, 1.807) is 24.4 Å². The number of hydrogen-bond donors (Lipinski definition) is 2. The monoisotopic (exact) mass is 502 g/mol. The number of pyridine rings is 1. The zero-order chi connectivity index (χ0) is 24.7. The Bertz CT molecular complexity index is 1380. The van der Waals surface area contributed by atoms with Gasteiger partial charge in [-0.15, -0.1) is 0 Å². The fraction of sp³-hybridized carbons (Fsp3) is 0.214. The van der Waals surface area contributed by atoms with Crippen LogP contribution >= 0.6 is 23.8 Å². The Morgan fingerprint density at radius 3 is 2.51 bits per heavy atom. The van der Waals surface area contributed by atoms with E-state index in [4.69, 9.17) is 23.8 Å². The molecule has 5 nitrogen and oxygen atoms in total. The second kappa shape index (κ2) is 9.36. The van der Waals surface area contributed by atoms with Gasteiger partial charge in [0.25, 0.3) is 0 Å². The SMILES string of the molecule is CCc1ccc(-n2c(C)cc([C@@H]3[C@H](c4ccccn4)NC(=S)N3c3cc(Cl)ccc3O)c2C)cc1. The van der Waals surface area contributed by atoms with E-state index >= 15 is 0 Å². The van der Waals surface area contributed by atoms with Crippen molar-refractivity contribution in [2.24, 2.45) is 0 Å². The van der Waals surface area contributed by atoms with Gasteiger partial charge in [-0.1, -0.05) is 36.7 Å². The minimum Gasteiger partial charge on any atom is -0.506 e. The van der Waals surface area contributed by atoms with Gasteiger partial charge in [-0.2, -0.15) is 0 Å². The Kier molecular flexibility index (Phi) is 6.26. The Balaban J connectivity index is 1.68. The molecule has 2 atom stereocenters. The molecule has 0 unspecified atom stereocenters. The molecule has 1 fully saturated rings. The Morgan fingerprint density at radius 1 is 1.06 bits per heavy atom. The normalized spacial score (nSPS) is 17.6. The van der Waals surface area contributed by atoms with Gasteiger partial charge in [0.15, 0.2) is 5.11 Å². The number of phenolic OH excluding ortho intramolecular Hbond substituents is 1. The van der Waals surface area contributed by atoms with Gasteiger partial charge >= 0.3 is 0 Å². The molecule has 0 amide bonds. The maximum Gasteiger partial charge on any atom is 0.174 e. The van der Waals surface area contributed by atoms with E-state index < -0.39 is 0 Å². The lowest BCUT2D eigenvalue weighted by atomic mass is 9.96. The quantitative estimate of drug-likeness (QED) is 0.301. The first-order valence-electron chi connectivity index (χ1n) is 11.7. The standard InChI is InChI=1S/C28H27ClN4OS/c1-4-19-8-11-21(12-9-19)32-17(2)15-22(18(32)3)27-26(23-7-5-6-14-30-23)31-28(35)33(27)24-16-20(29)10-13-25(24)34/h5-16,26-27,34H,4H2,1-3H3,(H,31,35)/t26-,27+/m0/s1. The van der Waals surface area contributed by atoms with Crippen LogP contribution in [0.4, 0.5) is 5.69 Å². The second-order valence-electron chi connectivity index (χ2n) is 8.81. The Labute approximate surface area is 216 Å². The van der Waals surface area contributed by atoms with E-state index in [9.17, 15) is 5.11 Å². The first-order valence-corrected chi connectivity index (χ1v) is 12.4. The van der Waals surface area contributed by atoms with E-state index in [1.165, 1.54) is 5.56 Å². The highest BCUT2D eigenvalue weighted by atomic mass is 35.5. The third-order valence-electron chi connectivity index (χ3n) is 6.69. The molecule has 35 heavy (non-hydrogen) atoms. The van der Waals surface area contributed by atoms with Crippen LogP contribution in [0.15, 0.2) is 72.9 Å². The first-order chi connectivity index (χ1) is 16.9. The van der Waals surface area contributed by atoms with Gasteiger partial charge in [0, 0.05) is 28.3 Å². The fourth-order valence-corrected chi connectivity index (χ4v) is 5.49. The number of nitrogens with zero attached hydrogens (tertiary/aromatic N) is 3. The summed E-state index contributed by atoms with van der Waals surface area (Å²) in [5.74, 6) is 0.120. The van der Waals surface area contributed by atoms with Crippen LogP contribution in [0.1, 0.15) is 47.2 Å². The molecule has 2 aromatic carbocycles. The average molecular weight is 503 g/mol. The van der Waals surface area contributed by atoms with Crippen molar-refractivity contribution in [2.45, 2.75) is 39.3 Å². The van der Waals surface area contributed by atoms with Gasteiger partial charge in [0.2, 0.25) is 0 Å². The predicted octanol–water partition coefficient (Wildman–Crippen LogP) is 6.59. The van der Waals surface area contributed by atoms with Crippen molar-refractivity contribution in [2.75, 3.05) is 4.90 Å². The molecule has 0 radical (unpaired) electrons. The Hall–Kier alpha value is -3.35. The van der Waals surface area contributed by atoms with Crippen molar-refractivity contribution in [1.82, 2.24) is 14.9 Å². The molecule has 0 saturated carbocycles. The number of phenols is 1. The summed E-state index contributed by atoms with van der Waals surface area (Å²) in [6.45, 7) is 6.40. The number of thiocarbonyl (C=S) groups is 1. The number of aryl methyl sites for hydroxylation is 2. The van der Waals surface area contributed by atoms with Gasteiger partial charge in [-0.25, -0.2) is 0 Å². The number of nitrogens with one attached hydrogen (secondary N) is 1. The van der Waals surface area contributed by atoms with Crippen LogP contribution < -0.4 is 10.2 Å². The maximum atomic E-state index is 10.8. The van der Waals surface area contributed by atoms with Crippen molar-refractivity contribution in [3.8, 4) is 11.4 Å². The topological polar surface area (TPSA) is 53.3 Å². The van der Waals surface area contributed by atoms with Crippen LogP contribution in [0.5, 0.6) is 5.75 Å². The highest BCUT2D eigenvalue weighted by Crippen LogP contribution is 2.46. The first kappa shape index (κ1) is 23.4. The molecule has 178 valence electrons. The highest BCUT2D eigenvalue weighted by Gasteiger charge is 2.43. The summed E-state index contributed by atoms with van der Waals surface area (Å²) in [4.78, 5) is 6.59. The van der Waals surface area contributed by atoms with Gasteiger partial charge in [-0.05, 0) is 92.1 Å². The van der Waals surface area contributed by atoms with Gasteiger partial charge < -0.3 is 19.9 Å². The molecular formula is C28H27ClN4OS. The summed E-state index contributed by atoms with van der Waals surface area (Å²) in [5, 5.41) is 15.3. The van der Waals surface area contributed by atoms with Crippen molar-refractivity contribution in [3.63, 3.8) is 0 Å². The number of aromatic nitrogens is 2. The number of rotatable bonds is 5. The molecule has 1 aliphatic rings. The maximum absolute atomic E-state index is 10.8. The summed E-state index contributed by atoms with van der Waals surface area (Å²) in [6.07, 6.45) is 2.79. The molecule has 1 saturated heterocycles. The summed E-state index contributed by atoms with van der Waals surface area (Å²) in [6, 6.07) is 21.3. The molecule has 0 aliphatic carbocycles. The molecule has 5 rings (SSSR count). The molecule has 2 aromatic heterocycles. The average Bonchev–Trinajstić information content (AvgIpc) is 3.36. The molecule has 4 aromatic rings. The molecule has 0 bridgehead atoms. The molecular weight excluding hydrogens is 476 g/mol. The molecule has 2 N–H and O–H groups in total. The fourth-order valence-electron chi connectivity index (χ4n) is 4.99. The lowest BCUT2D eigenvalue weighted by Crippen LogP contribution is -2.29. The molecule has 7 heteroatoms. The van der Waals surface area contributed by atoms with Crippen molar-refractivity contribution in [1.29, 1.82) is 0 Å². The number of benzene rings is 2. The van der Waals surface area contributed by atoms with Gasteiger partial charge in [0.05, 0.1) is 23.5 Å². The van der Waals surface area contributed by atoms with Gasteiger partial charge in [-0.3, -0.25) is 4.98 Å². The number of anilines is 1. The lowest BCUT2D eigenvalue weighted by molar-refractivity contribution is 0.472. The summed E-state index contributed by atoms with van der Waals surface area (Å²) in [5.41, 5.74) is 7.19. The van der Waals surface area contributed by atoms with Crippen LogP contribution in [0.25, 0.3) is 5.69 Å². The minimum absolute atomic E-state index is 0.120. The van der Waals surface area contributed by atoms with E-state index in [-0.39, 0.29) is 17.8 Å². The molecule has 3 heterocycles. The smallest absolute Gasteiger partial charge is 0.174 e. The van der Waals surface area contributed by atoms with E-state index in [2.05, 4.69) is 66.0 Å². The minimum atomic E-state index is -0.239. The zero-order valence-electron chi connectivity index (χ0n) is 19.9. The van der Waals surface area contributed by atoms with Crippen molar-refractivity contribution < 1.29 is 5.11 Å². The molecule has 0 spiro atoms.